The number of halogens is 1. The molecule has 2 rings (SSSR count). The quantitative estimate of drug-likeness (QED) is 0.773. The van der Waals surface area contributed by atoms with Crippen molar-refractivity contribution in [1.29, 1.82) is 0 Å². The SMILES string of the molecule is CCC(=O)c1cccc(C2CCN(CC)CC2)c1F. The van der Waals surface area contributed by atoms with E-state index in [1.165, 1.54) is 0 Å². The molecule has 0 aliphatic carbocycles. The van der Waals surface area contributed by atoms with Crippen LogP contribution >= 0.6 is 0 Å². The van der Waals surface area contributed by atoms with Gasteiger partial charge < -0.3 is 4.90 Å². The van der Waals surface area contributed by atoms with E-state index in [2.05, 4.69) is 11.8 Å². The molecule has 1 aliphatic rings. The van der Waals surface area contributed by atoms with Crippen LogP contribution in [0.25, 0.3) is 0 Å². The van der Waals surface area contributed by atoms with Gasteiger partial charge in [0.05, 0.1) is 5.56 Å². The molecule has 0 bridgehead atoms. The molecule has 0 aromatic heterocycles. The van der Waals surface area contributed by atoms with Crippen molar-refractivity contribution in [2.45, 2.75) is 39.0 Å². The Morgan fingerprint density at radius 2 is 2.00 bits per heavy atom. The maximum atomic E-state index is 14.4. The number of hydrogen-bond acceptors (Lipinski definition) is 2. The average Bonchev–Trinajstić information content (AvgIpc) is 2.47. The first kappa shape index (κ1) is 14.2. The van der Waals surface area contributed by atoms with Crippen molar-refractivity contribution in [3.05, 3.63) is 35.1 Å². The summed E-state index contributed by atoms with van der Waals surface area (Å²) in [5, 5.41) is 0. The fourth-order valence-corrected chi connectivity index (χ4v) is 2.83. The highest BCUT2D eigenvalue weighted by atomic mass is 19.1. The molecule has 0 radical (unpaired) electrons. The van der Waals surface area contributed by atoms with Gasteiger partial charge in [0.1, 0.15) is 5.82 Å². The Kier molecular flexibility index (Phi) is 4.70. The Morgan fingerprint density at radius 3 is 2.58 bits per heavy atom. The number of nitrogens with zero attached hydrogens (tertiary/aromatic N) is 1. The minimum absolute atomic E-state index is 0.106. The zero-order valence-corrected chi connectivity index (χ0v) is 11.8. The smallest absolute Gasteiger partial charge is 0.165 e. The van der Waals surface area contributed by atoms with Crippen LogP contribution in [-0.2, 0) is 0 Å². The van der Waals surface area contributed by atoms with Gasteiger partial charge in [-0.2, -0.15) is 0 Å². The highest BCUT2D eigenvalue weighted by Gasteiger charge is 2.24. The second kappa shape index (κ2) is 6.29. The summed E-state index contributed by atoms with van der Waals surface area (Å²) in [6.45, 7) is 7.03. The summed E-state index contributed by atoms with van der Waals surface area (Å²) in [6, 6.07) is 5.26. The predicted molar refractivity (Wildman–Crippen MR) is 75.1 cm³/mol. The lowest BCUT2D eigenvalue weighted by molar-refractivity contribution is 0.0984. The third-order valence-electron chi connectivity index (χ3n) is 4.12. The van der Waals surface area contributed by atoms with Gasteiger partial charge in [-0.05, 0) is 50.0 Å². The van der Waals surface area contributed by atoms with E-state index in [0.29, 0.717) is 6.42 Å². The molecule has 1 heterocycles. The van der Waals surface area contributed by atoms with E-state index < -0.39 is 0 Å². The number of Topliss-reactive ketones (excluding diaryl/α,β-unsaturated/α-hetero) is 1. The number of hydrogen-bond donors (Lipinski definition) is 0. The number of likely N-dealkylation sites (tertiary alicyclic amines) is 1. The molecule has 1 saturated heterocycles. The van der Waals surface area contributed by atoms with Gasteiger partial charge >= 0.3 is 0 Å². The Bertz CT molecular complexity index is 450. The third-order valence-corrected chi connectivity index (χ3v) is 4.12. The number of carbonyl (C=O) groups excluding carboxylic acids is 1. The predicted octanol–water partition coefficient (Wildman–Crippen LogP) is 3.62. The number of rotatable bonds is 4. The monoisotopic (exact) mass is 263 g/mol. The number of ketones is 1. The molecule has 0 atom stereocenters. The molecule has 2 nitrogen and oxygen atoms in total. The maximum Gasteiger partial charge on any atom is 0.165 e. The Labute approximate surface area is 114 Å². The van der Waals surface area contributed by atoms with E-state index in [4.69, 9.17) is 0 Å². The van der Waals surface area contributed by atoms with E-state index in [-0.39, 0.29) is 23.1 Å². The largest absolute Gasteiger partial charge is 0.304 e. The zero-order chi connectivity index (χ0) is 13.8. The second-order valence-corrected chi connectivity index (χ2v) is 5.19. The molecule has 1 aromatic rings. The van der Waals surface area contributed by atoms with Gasteiger partial charge in [0.25, 0.3) is 0 Å². The molecule has 1 fully saturated rings. The maximum absolute atomic E-state index is 14.4. The van der Waals surface area contributed by atoms with Crippen LogP contribution in [0.5, 0.6) is 0 Å². The molecule has 0 spiro atoms. The van der Waals surface area contributed by atoms with E-state index >= 15 is 0 Å². The summed E-state index contributed by atoms with van der Waals surface area (Å²) < 4.78 is 14.4. The first-order valence-corrected chi connectivity index (χ1v) is 7.21. The average molecular weight is 263 g/mol. The van der Waals surface area contributed by atoms with Crippen LogP contribution in [0.3, 0.4) is 0 Å². The van der Waals surface area contributed by atoms with Crippen LogP contribution in [0.2, 0.25) is 0 Å². The van der Waals surface area contributed by atoms with Crippen molar-refractivity contribution >= 4 is 5.78 Å². The van der Waals surface area contributed by atoms with Crippen molar-refractivity contribution in [2.75, 3.05) is 19.6 Å². The van der Waals surface area contributed by atoms with Gasteiger partial charge in [0.2, 0.25) is 0 Å². The van der Waals surface area contributed by atoms with Crippen molar-refractivity contribution in [1.82, 2.24) is 4.90 Å². The zero-order valence-electron chi connectivity index (χ0n) is 11.8. The number of piperidine rings is 1. The first-order valence-electron chi connectivity index (χ1n) is 7.21. The molecule has 1 aromatic carbocycles. The summed E-state index contributed by atoms with van der Waals surface area (Å²) in [7, 11) is 0. The van der Waals surface area contributed by atoms with Crippen molar-refractivity contribution in [3.63, 3.8) is 0 Å². The van der Waals surface area contributed by atoms with E-state index in [0.717, 1.165) is 38.0 Å². The number of carbonyl (C=O) groups is 1. The van der Waals surface area contributed by atoms with Gasteiger partial charge in [0.15, 0.2) is 5.78 Å². The van der Waals surface area contributed by atoms with Crippen LogP contribution in [0.15, 0.2) is 18.2 Å². The highest BCUT2D eigenvalue weighted by Crippen LogP contribution is 2.31. The topological polar surface area (TPSA) is 20.3 Å². The molecule has 19 heavy (non-hydrogen) atoms. The Balaban J connectivity index is 2.19. The molecular weight excluding hydrogens is 241 g/mol. The van der Waals surface area contributed by atoms with E-state index in [9.17, 15) is 9.18 Å². The lowest BCUT2D eigenvalue weighted by atomic mass is 9.87. The molecule has 1 aliphatic heterocycles. The summed E-state index contributed by atoms with van der Waals surface area (Å²) in [6.07, 6.45) is 2.32. The Hall–Kier alpha value is -1.22. The Morgan fingerprint density at radius 1 is 1.32 bits per heavy atom. The van der Waals surface area contributed by atoms with Crippen molar-refractivity contribution in [3.8, 4) is 0 Å². The first-order chi connectivity index (χ1) is 9.17. The third kappa shape index (κ3) is 3.03. The van der Waals surface area contributed by atoms with Gasteiger partial charge in [0, 0.05) is 6.42 Å². The summed E-state index contributed by atoms with van der Waals surface area (Å²) in [5.74, 6) is -0.137. The highest BCUT2D eigenvalue weighted by molar-refractivity contribution is 5.96. The molecule has 0 amide bonds. The lowest BCUT2D eigenvalue weighted by Crippen LogP contribution is -2.32. The minimum Gasteiger partial charge on any atom is -0.304 e. The van der Waals surface area contributed by atoms with E-state index in [1.807, 2.05) is 12.1 Å². The minimum atomic E-state index is -0.288. The molecule has 0 unspecified atom stereocenters. The molecule has 0 N–H and O–H groups in total. The standard InChI is InChI=1S/C16H22FNO/c1-3-15(19)14-7-5-6-13(16(14)17)12-8-10-18(4-2)11-9-12/h5-7,12H,3-4,8-11H2,1-2H3. The van der Waals surface area contributed by atoms with Crippen LogP contribution in [0.4, 0.5) is 4.39 Å². The van der Waals surface area contributed by atoms with Crippen molar-refractivity contribution in [2.24, 2.45) is 0 Å². The molecule has 104 valence electrons. The fourth-order valence-electron chi connectivity index (χ4n) is 2.83. The van der Waals surface area contributed by atoms with Gasteiger partial charge in [-0.15, -0.1) is 0 Å². The number of benzene rings is 1. The molecule has 0 saturated carbocycles. The normalized spacial score (nSPS) is 17.6. The van der Waals surface area contributed by atoms with Gasteiger partial charge in [-0.1, -0.05) is 26.0 Å². The second-order valence-electron chi connectivity index (χ2n) is 5.19. The van der Waals surface area contributed by atoms with Crippen LogP contribution in [0, 0.1) is 5.82 Å². The molecule has 3 heteroatoms. The molecular formula is C16H22FNO. The fraction of sp³-hybridized carbons (Fsp3) is 0.562. The summed E-state index contributed by atoms with van der Waals surface area (Å²) >= 11 is 0. The van der Waals surface area contributed by atoms with Gasteiger partial charge in [-0.25, -0.2) is 4.39 Å². The van der Waals surface area contributed by atoms with Crippen LogP contribution in [-0.4, -0.2) is 30.3 Å². The van der Waals surface area contributed by atoms with Crippen LogP contribution < -0.4 is 0 Å². The summed E-state index contributed by atoms with van der Waals surface area (Å²) in [4.78, 5) is 14.1. The van der Waals surface area contributed by atoms with Gasteiger partial charge in [-0.3, -0.25) is 4.79 Å². The lowest BCUT2D eigenvalue weighted by Gasteiger charge is -2.31. The van der Waals surface area contributed by atoms with Crippen LogP contribution in [0.1, 0.15) is 54.9 Å². The van der Waals surface area contributed by atoms with E-state index in [1.54, 1.807) is 13.0 Å². The summed E-state index contributed by atoms with van der Waals surface area (Å²) in [5.41, 5.74) is 0.993. The van der Waals surface area contributed by atoms with Crippen molar-refractivity contribution < 1.29 is 9.18 Å².